The summed E-state index contributed by atoms with van der Waals surface area (Å²) in [5.74, 6) is 0.0633. The number of hydrogen-bond donors (Lipinski definition) is 1. The highest BCUT2D eigenvalue weighted by atomic mass is 32.2. The number of piperazine rings is 1. The first-order valence-electron chi connectivity index (χ1n) is 6.47. The molecule has 0 atom stereocenters. The van der Waals surface area contributed by atoms with Crippen LogP contribution in [0, 0.1) is 0 Å². The lowest BCUT2D eigenvalue weighted by atomic mass is 10.2. The van der Waals surface area contributed by atoms with Crippen molar-refractivity contribution in [3.63, 3.8) is 0 Å². The van der Waals surface area contributed by atoms with E-state index in [-0.39, 0.29) is 12.4 Å². The minimum atomic E-state index is -3.23. The Balaban J connectivity index is 1.94. The van der Waals surface area contributed by atoms with E-state index in [0.29, 0.717) is 32.7 Å². The molecule has 0 aromatic heterocycles. The first kappa shape index (κ1) is 14.5. The second-order valence-electron chi connectivity index (χ2n) is 4.71. The van der Waals surface area contributed by atoms with E-state index >= 15 is 0 Å². The van der Waals surface area contributed by atoms with E-state index in [9.17, 15) is 8.42 Å². The van der Waals surface area contributed by atoms with Crippen LogP contribution in [0.25, 0.3) is 0 Å². The van der Waals surface area contributed by atoms with Crippen LogP contribution in [0.3, 0.4) is 0 Å². The molecule has 106 valence electrons. The smallest absolute Gasteiger partial charge is 0.218 e. The molecule has 6 heteroatoms. The van der Waals surface area contributed by atoms with E-state index in [1.54, 1.807) is 4.31 Å². The monoisotopic (exact) mass is 284 g/mol. The Morgan fingerprint density at radius 3 is 2.26 bits per heavy atom. The van der Waals surface area contributed by atoms with E-state index in [1.165, 1.54) is 0 Å². The van der Waals surface area contributed by atoms with Gasteiger partial charge in [0.1, 0.15) is 0 Å². The maximum atomic E-state index is 12.3. The van der Waals surface area contributed by atoms with Crippen molar-refractivity contribution in [3.8, 4) is 0 Å². The summed E-state index contributed by atoms with van der Waals surface area (Å²) in [6, 6.07) is 9.25. The highest BCUT2D eigenvalue weighted by molar-refractivity contribution is 7.88. The van der Waals surface area contributed by atoms with Crippen LogP contribution in [0.1, 0.15) is 5.56 Å². The SMILES string of the molecule is O=S(=O)(Cc1ccccc1)N1CCN(CCO)CC1. The van der Waals surface area contributed by atoms with Crippen LogP contribution >= 0.6 is 0 Å². The summed E-state index contributed by atoms with van der Waals surface area (Å²) in [6.07, 6.45) is 0. The molecule has 1 aliphatic heterocycles. The topological polar surface area (TPSA) is 60.9 Å². The van der Waals surface area contributed by atoms with Crippen LogP contribution in [0.15, 0.2) is 30.3 Å². The summed E-state index contributed by atoms with van der Waals surface area (Å²) in [5, 5.41) is 8.87. The first-order valence-corrected chi connectivity index (χ1v) is 8.08. The molecule has 1 heterocycles. The first-order chi connectivity index (χ1) is 9.12. The van der Waals surface area contributed by atoms with Crippen molar-refractivity contribution in [3.05, 3.63) is 35.9 Å². The summed E-state index contributed by atoms with van der Waals surface area (Å²) in [4.78, 5) is 2.08. The minimum absolute atomic E-state index is 0.0633. The summed E-state index contributed by atoms with van der Waals surface area (Å²) in [6.45, 7) is 3.14. The number of aliphatic hydroxyl groups excluding tert-OH is 1. The molecular formula is C13H20N2O3S. The van der Waals surface area contributed by atoms with Crippen LogP contribution < -0.4 is 0 Å². The lowest BCUT2D eigenvalue weighted by Gasteiger charge is -2.33. The Morgan fingerprint density at radius 2 is 1.68 bits per heavy atom. The number of rotatable bonds is 5. The molecule has 1 fully saturated rings. The molecule has 0 saturated carbocycles. The summed E-state index contributed by atoms with van der Waals surface area (Å²) < 4.78 is 26.1. The molecule has 1 saturated heterocycles. The molecular weight excluding hydrogens is 264 g/mol. The fourth-order valence-electron chi connectivity index (χ4n) is 2.25. The Hall–Kier alpha value is -0.950. The molecule has 2 rings (SSSR count). The molecule has 0 aliphatic carbocycles. The quantitative estimate of drug-likeness (QED) is 0.835. The van der Waals surface area contributed by atoms with Gasteiger partial charge in [0.25, 0.3) is 0 Å². The fourth-order valence-corrected chi connectivity index (χ4v) is 3.76. The number of aliphatic hydroxyl groups is 1. The van der Waals surface area contributed by atoms with Gasteiger partial charge in [-0.3, -0.25) is 4.90 Å². The molecule has 19 heavy (non-hydrogen) atoms. The van der Waals surface area contributed by atoms with Crippen molar-refractivity contribution in [2.75, 3.05) is 39.3 Å². The second-order valence-corrected chi connectivity index (χ2v) is 6.68. The van der Waals surface area contributed by atoms with Crippen LogP contribution in [0.4, 0.5) is 0 Å². The van der Waals surface area contributed by atoms with Gasteiger partial charge in [0.15, 0.2) is 0 Å². The standard InChI is InChI=1S/C13H20N2O3S/c16-11-10-14-6-8-15(9-7-14)19(17,18)12-13-4-2-1-3-5-13/h1-5,16H,6-12H2. The molecule has 1 aromatic carbocycles. The van der Waals surface area contributed by atoms with Gasteiger partial charge in [0.2, 0.25) is 10.0 Å². The predicted molar refractivity (Wildman–Crippen MR) is 74.2 cm³/mol. The van der Waals surface area contributed by atoms with Gasteiger partial charge in [-0.1, -0.05) is 30.3 Å². The van der Waals surface area contributed by atoms with Gasteiger partial charge in [-0.15, -0.1) is 0 Å². The van der Waals surface area contributed by atoms with Crippen LogP contribution in [0.5, 0.6) is 0 Å². The third-order valence-electron chi connectivity index (χ3n) is 3.33. The van der Waals surface area contributed by atoms with Gasteiger partial charge in [-0.05, 0) is 5.56 Å². The van der Waals surface area contributed by atoms with Crippen LogP contribution in [0.2, 0.25) is 0 Å². The average Bonchev–Trinajstić information content (AvgIpc) is 2.40. The third kappa shape index (κ3) is 4.01. The van der Waals surface area contributed by atoms with Crippen molar-refractivity contribution in [1.29, 1.82) is 0 Å². The van der Waals surface area contributed by atoms with Gasteiger partial charge in [0.05, 0.1) is 12.4 Å². The lowest BCUT2D eigenvalue weighted by molar-refractivity contribution is 0.151. The third-order valence-corrected chi connectivity index (χ3v) is 5.18. The highest BCUT2D eigenvalue weighted by Crippen LogP contribution is 2.13. The van der Waals surface area contributed by atoms with Crippen LogP contribution in [-0.4, -0.2) is 62.1 Å². The number of benzene rings is 1. The normalized spacial score (nSPS) is 18.6. The zero-order valence-electron chi connectivity index (χ0n) is 10.9. The Kier molecular flexibility index (Phi) is 4.93. The highest BCUT2D eigenvalue weighted by Gasteiger charge is 2.26. The summed E-state index contributed by atoms with van der Waals surface area (Å²) in [5.41, 5.74) is 0.820. The Morgan fingerprint density at radius 1 is 1.05 bits per heavy atom. The van der Waals surface area contributed by atoms with Crippen molar-refractivity contribution in [1.82, 2.24) is 9.21 Å². The lowest BCUT2D eigenvalue weighted by Crippen LogP contribution is -2.49. The van der Waals surface area contributed by atoms with Crippen molar-refractivity contribution in [2.45, 2.75) is 5.75 Å². The zero-order chi connectivity index (χ0) is 13.7. The molecule has 5 nitrogen and oxygen atoms in total. The van der Waals surface area contributed by atoms with Gasteiger partial charge >= 0.3 is 0 Å². The van der Waals surface area contributed by atoms with Crippen molar-refractivity contribution < 1.29 is 13.5 Å². The molecule has 0 spiro atoms. The Labute approximate surface area is 114 Å². The molecule has 0 amide bonds. The number of nitrogens with zero attached hydrogens (tertiary/aromatic N) is 2. The maximum absolute atomic E-state index is 12.3. The predicted octanol–water partition coefficient (Wildman–Crippen LogP) is 0.126. The maximum Gasteiger partial charge on any atom is 0.218 e. The summed E-state index contributed by atoms with van der Waals surface area (Å²) >= 11 is 0. The second kappa shape index (κ2) is 6.47. The average molecular weight is 284 g/mol. The van der Waals surface area contributed by atoms with Gasteiger partial charge in [-0.2, -0.15) is 4.31 Å². The summed E-state index contributed by atoms with van der Waals surface area (Å²) in [7, 11) is -3.23. The number of hydrogen-bond acceptors (Lipinski definition) is 4. The van der Waals surface area contributed by atoms with E-state index < -0.39 is 10.0 Å². The van der Waals surface area contributed by atoms with Crippen LogP contribution in [-0.2, 0) is 15.8 Å². The minimum Gasteiger partial charge on any atom is -0.395 e. The number of β-amino-alcohol motifs (C(OH)–C–C–N with tert-alkyl or cyclic N) is 1. The number of sulfonamides is 1. The fraction of sp³-hybridized carbons (Fsp3) is 0.538. The van der Waals surface area contributed by atoms with Crippen molar-refractivity contribution in [2.24, 2.45) is 0 Å². The van der Waals surface area contributed by atoms with E-state index in [0.717, 1.165) is 5.56 Å². The molecule has 1 N–H and O–H groups in total. The largest absolute Gasteiger partial charge is 0.395 e. The van der Waals surface area contributed by atoms with Crippen molar-refractivity contribution >= 4 is 10.0 Å². The molecule has 0 unspecified atom stereocenters. The Bertz CT molecular complexity index is 482. The van der Waals surface area contributed by atoms with E-state index in [4.69, 9.17) is 5.11 Å². The van der Waals surface area contributed by atoms with Gasteiger partial charge in [-0.25, -0.2) is 8.42 Å². The molecule has 0 radical (unpaired) electrons. The van der Waals surface area contributed by atoms with Gasteiger partial charge in [0, 0.05) is 32.7 Å². The van der Waals surface area contributed by atoms with Gasteiger partial charge < -0.3 is 5.11 Å². The van der Waals surface area contributed by atoms with E-state index in [1.807, 2.05) is 30.3 Å². The molecule has 0 bridgehead atoms. The molecule has 1 aromatic rings. The molecule has 1 aliphatic rings. The zero-order valence-corrected chi connectivity index (χ0v) is 11.7. The van der Waals surface area contributed by atoms with E-state index in [2.05, 4.69) is 4.90 Å².